The lowest BCUT2D eigenvalue weighted by Crippen LogP contribution is -2.06. The van der Waals surface area contributed by atoms with Gasteiger partial charge in [-0.3, -0.25) is 4.99 Å². The highest BCUT2D eigenvalue weighted by molar-refractivity contribution is 6.02. The second kappa shape index (κ2) is 8.34. The first kappa shape index (κ1) is 20.2. The lowest BCUT2D eigenvalue weighted by molar-refractivity contribution is 0.232. The van der Waals surface area contributed by atoms with Crippen molar-refractivity contribution in [1.82, 2.24) is 4.98 Å². The Bertz CT molecular complexity index is 1040. The molecule has 2 unspecified atom stereocenters. The SMILES string of the molecule is CC(C)Oc1ccc(-c2ccc(C3N=C(c4c(F)cccc4F)CC3C)cc2)cn1. The molecule has 2 heterocycles. The predicted octanol–water partition coefficient (Wildman–Crippen LogP) is 6.38. The maximum atomic E-state index is 14.2. The van der Waals surface area contributed by atoms with Gasteiger partial charge in [0.05, 0.1) is 17.7 Å². The van der Waals surface area contributed by atoms with Gasteiger partial charge in [-0.05, 0) is 55.5 Å². The summed E-state index contributed by atoms with van der Waals surface area (Å²) in [6.45, 7) is 5.99. The van der Waals surface area contributed by atoms with E-state index in [0.717, 1.165) is 16.7 Å². The number of hydrogen-bond donors (Lipinski definition) is 0. The first-order chi connectivity index (χ1) is 14.4. The van der Waals surface area contributed by atoms with Crippen molar-refractivity contribution in [2.75, 3.05) is 0 Å². The van der Waals surface area contributed by atoms with Gasteiger partial charge in [-0.15, -0.1) is 0 Å². The minimum absolute atomic E-state index is 0.00162. The second-order valence-electron chi connectivity index (χ2n) is 7.97. The van der Waals surface area contributed by atoms with Crippen LogP contribution >= 0.6 is 0 Å². The average molecular weight is 406 g/mol. The first-order valence-electron chi connectivity index (χ1n) is 10.2. The number of nitrogens with zero attached hydrogens (tertiary/aromatic N) is 2. The van der Waals surface area contributed by atoms with Crippen molar-refractivity contribution in [1.29, 1.82) is 0 Å². The van der Waals surface area contributed by atoms with Crippen molar-refractivity contribution in [3.8, 4) is 17.0 Å². The minimum atomic E-state index is -0.561. The van der Waals surface area contributed by atoms with Crippen molar-refractivity contribution in [3.63, 3.8) is 0 Å². The Morgan fingerprint density at radius 2 is 1.60 bits per heavy atom. The van der Waals surface area contributed by atoms with E-state index in [1.165, 1.54) is 18.2 Å². The molecule has 1 aliphatic heterocycles. The summed E-state index contributed by atoms with van der Waals surface area (Å²) in [5, 5.41) is 0. The van der Waals surface area contributed by atoms with Crippen LogP contribution in [0.15, 0.2) is 65.8 Å². The molecule has 30 heavy (non-hydrogen) atoms. The van der Waals surface area contributed by atoms with Crippen LogP contribution in [0.5, 0.6) is 5.88 Å². The molecule has 3 aromatic rings. The Kier molecular flexibility index (Phi) is 5.62. The molecule has 0 saturated heterocycles. The number of benzene rings is 2. The summed E-state index contributed by atoms with van der Waals surface area (Å²) < 4.78 is 33.9. The van der Waals surface area contributed by atoms with Gasteiger partial charge in [0.1, 0.15) is 11.6 Å². The lowest BCUT2D eigenvalue weighted by atomic mass is 9.92. The number of aliphatic imine (C=N–C) groups is 1. The third-order valence-electron chi connectivity index (χ3n) is 5.28. The standard InChI is InChI=1S/C25H24F2N2O/c1-15(2)30-23-12-11-19(14-28-23)17-7-9-18(10-8-17)25-16(3)13-22(29-25)24-20(26)5-4-6-21(24)27/h4-12,14-16,25H,13H2,1-3H3. The van der Waals surface area contributed by atoms with Gasteiger partial charge in [0.2, 0.25) is 5.88 Å². The molecule has 4 rings (SSSR count). The molecule has 3 nitrogen and oxygen atoms in total. The number of halogens is 2. The zero-order valence-electron chi connectivity index (χ0n) is 17.3. The highest BCUT2D eigenvalue weighted by Crippen LogP contribution is 2.37. The van der Waals surface area contributed by atoms with E-state index in [9.17, 15) is 8.78 Å². The van der Waals surface area contributed by atoms with Crippen LogP contribution in [0.2, 0.25) is 0 Å². The molecule has 0 amide bonds. The van der Waals surface area contributed by atoms with E-state index in [4.69, 9.17) is 4.74 Å². The monoisotopic (exact) mass is 406 g/mol. The summed E-state index contributed by atoms with van der Waals surface area (Å²) in [6, 6.07) is 15.8. The van der Waals surface area contributed by atoms with Gasteiger partial charge in [0.15, 0.2) is 0 Å². The summed E-state index contributed by atoms with van der Waals surface area (Å²) in [4.78, 5) is 9.03. The van der Waals surface area contributed by atoms with E-state index in [2.05, 4.69) is 16.9 Å². The fraction of sp³-hybridized carbons (Fsp3) is 0.280. The van der Waals surface area contributed by atoms with Gasteiger partial charge < -0.3 is 4.74 Å². The predicted molar refractivity (Wildman–Crippen MR) is 115 cm³/mol. The van der Waals surface area contributed by atoms with Crippen molar-refractivity contribution < 1.29 is 13.5 Å². The molecule has 0 bridgehead atoms. The fourth-order valence-corrected chi connectivity index (χ4v) is 3.84. The second-order valence-corrected chi connectivity index (χ2v) is 7.97. The molecule has 0 N–H and O–H groups in total. The maximum Gasteiger partial charge on any atom is 0.213 e. The largest absolute Gasteiger partial charge is 0.475 e. The van der Waals surface area contributed by atoms with Crippen LogP contribution in [0.4, 0.5) is 8.78 Å². The smallest absolute Gasteiger partial charge is 0.213 e. The van der Waals surface area contributed by atoms with E-state index in [-0.39, 0.29) is 23.6 Å². The Labute approximate surface area is 175 Å². The van der Waals surface area contributed by atoms with Gasteiger partial charge >= 0.3 is 0 Å². The molecule has 1 aromatic heterocycles. The normalized spacial score (nSPS) is 18.5. The molecule has 0 fully saturated rings. The third-order valence-corrected chi connectivity index (χ3v) is 5.28. The molecular weight excluding hydrogens is 382 g/mol. The van der Waals surface area contributed by atoms with Crippen molar-refractivity contribution in [2.45, 2.75) is 39.3 Å². The van der Waals surface area contributed by atoms with Crippen molar-refractivity contribution in [2.24, 2.45) is 10.9 Å². The Morgan fingerprint density at radius 1 is 0.933 bits per heavy atom. The van der Waals surface area contributed by atoms with Crippen LogP contribution in [0.1, 0.15) is 44.4 Å². The van der Waals surface area contributed by atoms with E-state index >= 15 is 0 Å². The Balaban J connectivity index is 1.56. The third kappa shape index (κ3) is 4.11. The van der Waals surface area contributed by atoms with Gasteiger partial charge in [-0.1, -0.05) is 37.3 Å². The van der Waals surface area contributed by atoms with E-state index < -0.39 is 11.6 Å². The topological polar surface area (TPSA) is 34.5 Å². The number of rotatable bonds is 5. The van der Waals surface area contributed by atoms with Crippen LogP contribution in [0.3, 0.4) is 0 Å². The number of hydrogen-bond acceptors (Lipinski definition) is 3. The Hall–Kier alpha value is -3.08. The lowest BCUT2D eigenvalue weighted by Gasteiger charge is -2.14. The molecule has 154 valence electrons. The molecular formula is C25H24F2N2O. The average Bonchev–Trinajstić information content (AvgIpc) is 3.09. The quantitative estimate of drug-likeness (QED) is 0.492. The van der Waals surface area contributed by atoms with Gasteiger partial charge in [0.25, 0.3) is 0 Å². The summed E-state index contributed by atoms with van der Waals surface area (Å²) >= 11 is 0. The highest BCUT2D eigenvalue weighted by atomic mass is 19.1. The summed E-state index contributed by atoms with van der Waals surface area (Å²) in [7, 11) is 0. The molecule has 0 saturated carbocycles. The maximum absolute atomic E-state index is 14.2. The summed E-state index contributed by atoms with van der Waals surface area (Å²) in [6.07, 6.45) is 2.42. The van der Waals surface area contributed by atoms with Crippen LogP contribution in [0.25, 0.3) is 11.1 Å². The minimum Gasteiger partial charge on any atom is -0.475 e. The molecule has 5 heteroatoms. The number of ether oxygens (including phenoxy) is 1. The number of aromatic nitrogens is 1. The summed E-state index contributed by atoms with van der Waals surface area (Å²) in [5.41, 5.74) is 3.56. The van der Waals surface area contributed by atoms with Gasteiger partial charge in [0, 0.05) is 23.5 Å². The van der Waals surface area contributed by atoms with E-state index in [0.29, 0.717) is 18.0 Å². The number of pyridine rings is 1. The Morgan fingerprint density at radius 3 is 2.20 bits per heavy atom. The zero-order valence-corrected chi connectivity index (χ0v) is 17.3. The zero-order chi connectivity index (χ0) is 21.3. The molecule has 0 aliphatic carbocycles. The highest BCUT2D eigenvalue weighted by Gasteiger charge is 2.30. The van der Waals surface area contributed by atoms with Crippen LogP contribution in [0, 0.1) is 17.6 Å². The van der Waals surface area contributed by atoms with Crippen molar-refractivity contribution >= 4 is 5.71 Å². The molecule has 2 atom stereocenters. The first-order valence-corrected chi connectivity index (χ1v) is 10.2. The fourth-order valence-electron chi connectivity index (χ4n) is 3.84. The van der Waals surface area contributed by atoms with Gasteiger partial charge in [-0.2, -0.15) is 0 Å². The molecule has 0 spiro atoms. The molecule has 1 aliphatic rings. The van der Waals surface area contributed by atoms with E-state index in [1.54, 1.807) is 6.20 Å². The van der Waals surface area contributed by atoms with Crippen LogP contribution in [-0.4, -0.2) is 16.8 Å². The van der Waals surface area contributed by atoms with Gasteiger partial charge in [-0.25, -0.2) is 13.8 Å². The molecule has 2 aromatic carbocycles. The van der Waals surface area contributed by atoms with E-state index in [1.807, 2.05) is 50.2 Å². The molecule has 0 radical (unpaired) electrons. The summed E-state index contributed by atoms with van der Waals surface area (Å²) in [5.74, 6) is -0.352. The van der Waals surface area contributed by atoms with Crippen molar-refractivity contribution in [3.05, 3.63) is 83.6 Å². The van der Waals surface area contributed by atoms with Crippen LogP contribution in [-0.2, 0) is 0 Å². The van der Waals surface area contributed by atoms with Crippen LogP contribution < -0.4 is 4.74 Å².